The Morgan fingerprint density at radius 3 is 2.44 bits per heavy atom. The fourth-order valence-corrected chi connectivity index (χ4v) is 2.85. The van der Waals surface area contributed by atoms with Crippen molar-refractivity contribution in [2.75, 3.05) is 0 Å². The Morgan fingerprint density at radius 2 is 1.94 bits per heavy atom. The van der Waals surface area contributed by atoms with Gasteiger partial charge in [0.15, 0.2) is 5.44 Å². The zero-order chi connectivity index (χ0) is 11.7. The Labute approximate surface area is 100 Å². The fraction of sp³-hybridized carbons (Fsp3) is 0.462. The second kappa shape index (κ2) is 4.50. The maximum absolute atomic E-state index is 11.3. The van der Waals surface area contributed by atoms with Crippen LogP contribution >= 0.6 is 11.8 Å². The number of ether oxygens (including phenoxy) is 1. The molecule has 0 aliphatic carbocycles. The molecule has 0 N–H and O–H groups in total. The van der Waals surface area contributed by atoms with Crippen molar-refractivity contribution in [3.63, 3.8) is 0 Å². The van der Waals surface area contributed by atoms with Crippen LogP contribution in [0, 0.1) is 6.92 Å². The van der Waals surface area contributed by atoms with E-state index in [1.54, 1.807) is 11.8 Å². The monoisotopic (exact) mass is 236 g/mol. The van der Waals surface area contributed by atoms with Gasteiger partial charge in [-0.15, -0.1) is 11.8 Å². The zero-order valence-electron chi connectivity index (χ0n) is 9.77. The molecule has 0 bridgehead atoms. The quantitative estimate of drug-likeness (QED) is 0.738. The maximum Gasteiger partial charge on any atom is 0.320 e. The van der Waals surface area contributed by atoms with Crippen molar-refractivity contribution in [2.45, 2.75) is 37.4 Å². The standard InChI is InChI=1S/C13H16O2S/c1-8-4-6-11(7-5-8)9(2)13-15-12(14)10(3)16-13/h4-7,9-10,13H,1-3H3. The predicted octanol–water partition coefficient (Wildman–Crippen LogP) is 3.10. The molecule has 1 saturated heterocycles. The maximum atomic E-state index is 11.3. The number of hydrogen-bond donors (Lipinski definition) is 0. The molecule has 1 aliphatic heterocycles. The smallest absolute Gasteiger partial charge is 0.320 e. The van der Waals surface area contributed by atoms with Gasteiger partial charge in [-0.3, -0.25) is 4.79 Å². The Morgan fingerprint density at radius 1 is 1.31 bits per heavy atom. The molecule has 16 heavy (non-hydrogen) atoms. The van der Waals surface area contributed by atoms with E-state index < -0.39 is 0 Å². The predicted molar refractivity (Wildman–Crippen MR) is 66.5 cm³/mol. The summed E-state index contributed by atoms with van der Waals surface area (Å²) < 4.78 is 5.34. The number of cyclic esters (lactones) is 1. The summed E-state index contributed by atoms with van der Waals surface area (Å²) in [5.41, 5.74) is 2.44. The second-order valence-corrected chi connectivity index (χ2v) is 5.73. The molecule has 3 heteroatoms. The first-order valence-corrected chi connectivity index (χ1v) is 6.44. The van der Waals surface area contributed by atoms with Crippen LogP contribution in [0.1, 0.15) is 30.9 Å². The summed E-state index contributed by atoms with van der Waals surface area (Å²) in [7, 11) is 0. The number of carbonyl (C=O) groups is 1. The number of benzene rings is 1. The number of aryl methyl sites for hydroxylation is 1. The number of esters is 1. The summed E-state index contributed by atoms with van der Waals surface area (Å²) in [4.78, 5) is 11.3. The molecule has 1 aromatic carbocycles. The van der Waals surface area contributed by atoms with Crippen LogP contribution in [0.4, 0.5) is 0 Å². The molecule has 1 fully saturated rings. The normalized spacial score (nSPS) is 26.6. The Hall–Kier alpha value is -0.960. The average molecular weight is 236 g/mol. The Bertz CT molecular complexity index is 385. The highest BCUT2D eigenvalue weighted by molar-refractivity contribution is 8.01. The minimum Gasteiger partial charge on any atom is -0.450 e. The highest BCUT2D eigenvalue weighted by Crippen LogP contribution is 2.37. The van der Waals surface area contributed by atoms with E-state index in [4.69, 9.17) is 4.74 Å². The van der Waals surface area contributed by atoms with Crippen LogP contribution in [-0.4, -0.2) is 16.7 Å². The highest BCUT2D eigenvalue weighted by Gasteiger charge is 2.35. The largest absolute Gasteiger partial charge is 0.450 e. The third kappa shape index (κ3) is 2.24. The van der Waals surface area contributed by atoms with Crippen molar-refractivity contribution in [1.82, 2.24) is 0 Å². The summed E-state index contributed by atoms with van der Waals surface area (Å²) in [6.45, 7) is 6.07. The van der Waals surface area contributed by atoms with E-state index in [1.807, 2.05) is 6.92 Å². The Kier molecular flexibility index (Phi) is 3.24. The van der Waals surface area contributed by atoms with Gasteiger partial charge in [-0.1, -0.05) is 36.8 Å². The van der Waals surface area contributed by atoms with Crippen molar-refractivity contribution in [2.24, 2.45) is 0 Å². The molecule has 3 unspecified atom stereocenters. The van der Waals surface area contributed by atoms with Gasteiger partial charge in [-0.05, 0) is 19.4 Å². The summed E-state index contributed by atoms with van der Waals surface area (Å²) in [6, 6.07) is 8.40. The van der Waals surface area contributed by atoms with Gasteiger partial charge < -0.3 is 4.74 Å². The first-order chi connectivity index (χ1) is 7.58. The highest BCUT2D eigenvalue weighted by atomic mass is 32.2. The molecule has 1 aliphatic rings. The summed E-state index contributed by atoms with van der Waals surface area (Å²) in [5.74, 6) is 0.161. The molecule has 1 heterocycles. The first-order valence-electron chi connectivity index (χ1n) is 5.50. The van der Waals surface area contributed by atoms with Crippen LogP contribution in [0.25, 0.3) is 0 Å². The molecule has 0 amide bonds. The van der Waals surface area contributed by atoms with Crippen molar-refractivity contribution in [3.05, 3.63) is 35.4 Å². The minimum atomic E-state index is -0.0889. The summed E-state index contributed by atoms with van der Waals surface area (Å²) in [6.07, 6.45) is 0. The molecular weight excluding hydrogens is 220 g/mol. The van der Waals surface area contributed by atoms with Gasteiger partial charge in [0, 0.05) is 5.92 Å². The van der Waals surface area contributed by atoms with Gasteiger partial charge in [0.2, 0.25) is 0 Å². The Balaban J connectivity index is 2.11. The topological polar surface area (TPSA) is 26.3 Å². The van der Waals surface area contributed by atoms with Crippen molar-refractivity contribution in [1.29, 1.82) is 0 Å². The third-order valence-electron chi connectivity index (χ3n) is 2.91. The van der Waals surface area contributed by atoms with E-state index in [0.717, 1.165) is 0 Å². The molecule has 0 spiro atoms. The SMILES string of the molecule is Cc1ccc(C(C)C2OC(=O)C(C)S2)cc1. The van der Waals surface area contributed by atoms with Crippen LogP contribution in [-0.2, 0) is 9.53 Å². The molecule has 0 saturated carbocycles. The van der Waals surface area contributed by atoms with Crippen LogP contribution in [0.5, 0.6) is 0 Å². The molecular formula is C13H16O2S. The molecule has 86 valence electrons. The van der Waals surface area contributed by atoms with Gasteiger partial charge in [0.05, 0.1) is 0 Å². The van der Waals surface area contributed by atoms with Crippen LogP contribution in [0.15, 0.2) is 24.3 Å². The lowest BCUT2D eigenvalue weighted by Crippen LogP contribution is -2.13. The van der Waals surface area contributed by atoms with Crippen LogP contribution in [0.3, 0.4) is 0 Å². The van der Waals surface area contributed by atoms with E-state index in [-0.39, 0.29) is 22.6 Å². The number of hydrogen-bond acceptors (Lipinski definition) is 3. The lowest BCUT2D eigenvalue weighted by molar-refractivity contribution is -0.142. The molecule has 0 radical (unpaired) electrons. The van der Waals surface area contributed by atoms with E-state index in [2.05, 4.69) is 38.1 Å². The van der Waals surface area contributed by atoms with Crippen LogP contribution < -0.4 is 0 Å². The first kappa shape index (κ1) is 11.5. The van der Waals surface area contributed by atoms with E-state index in [9.17, 15) is 4.79 Å². The summed E-state index contributed by atoms with van der Waals surface area (Å²) in [5, 5.41) is -0.0297. The molecule has 2 rings (SSSR count). The van der Waals surface area contributed by atoms with Crippen LogP contribution in [0.2, 0.25) is 0 Å². The van der Waals surface area contributed by atoms with E-state index in [1.165, 1.54) is 11.1 Å². The summed E-state index contributed by atoms with van der Waals surface area (Å²) >= 11 is 1.61. The van der Waals surface area contributed by atoms with Gasteiger partial charge in [-0.25, -0.2) is 0 Å². The fourth-order valence-electron chi connectivity index (χ4n) is 1.74. The molecule has 0 aromatic heterocycles. The molecule has 2 nitrogen and oxygen atoms in total. The van der Waals surface area contributed by atoms with E-state index >= 15 is 0 Å². The molecule has 3 atom stereocenters. The second-order valence-electron chi connectivity index (χ2n) is 4.28. The van der Waals surface area contributed by atoms with Gasteiger partial charge >= 0.3 is 5.97 Å². The lowest BCUT2D eigenvalue weighted by Gasteiger charge is -2.17. The lowest BCUT2D eigenvalue weighted by atomic mass is 10.0. The van der Waals surface area contributed by atoms with Crippen molar-refractivity contribution >= 4 is 17.7 Å². The average Bonchev–Trinajstić information content (AvgIpc) is 2.59. The van der Waals surface area contributed by atoms with Gasteiger partial charge in [-0.2, -0.15) is 0 Å². The molecule has 1 aromatic rings. The number of thioether (sulfide) groups is 1. The third-order valence-corrected chi connectivity index (χ3v) is 4.29. The van der Waals surface area contributed by atoms with Crippen molar-refractivity contribution in [3.8, 4) is 0 Å². The minimum absolute atomic E-state index is 0.0297. The number of carbonyl (C=O) groups excluding carboxylic acids is 1. The van der Waals surface area contributed by atoms with Gasteiger partial charge in [0.25, 0.3) is 0 Å². The van der Waals surface area contributed by atoms with E-state index in [0.29, 0.717) is 0 Å². The zero-order valence-corrected chi connectivity index (χ0v) is 10.6. The van der Waals surface area contributed by atoms with Gasteiger partial charge in [0.1, 0.15) is 5.25 Å². The van der Waals surface area contributed by atoms with Crippen molar-refractivity contribution < 1.29 is 9.53 Å². The number of rotatable bonds is 2.